The van der Waals surface area contributed by atoms with Crippen molar-refractivity contribution >= 4 is 43.2 Å². The number of hydrogen-bond donors (Lipinski definition) is 1. The molecule has 7 aromatic rings. The third kappa shape index (κ3) is 9.30. The Balaban J connectivity index is 0.000000167. The van der Waals surface area contributed by atoms with Crippen LogP contribution in [0, 0.1) is 0 Å². The Hall–Kier alpha value is -5.44. The van der Waals surface area contributed by atoms with Crippen LogP contribution in [0.1, 0.15) is 82.5 Å². The number of fused-ring (bicyclic) bond motifs is 2. The highest BCUT2D eigenvalue weighted by atomic mass is 79.9. The van der Waals surface area contributed by atoms with E-state index in [2.05, 4.69) is 89.9 Å². The predicted molar refractivity (Wildman–Crippen MR) is 237 cm³/mol. The van der Waals surface area contributed by atoms with Gasteiger partial charge in [0.2, 0.25) is 0 Å². The number of hydrogen-bond acceptors (Lipinski definition) is 9. The molecule has 2 aliphatic heterocycles. The van der Waals surface area contributed by atoms with Crippen LogP contribution >= 0.6 is 15.9 Å². The van der Waals surface area contributed by atoms with Crippen molar-refractivity contribution < 1.29 is 17.9 Å². The second-order valence-electron chi connectivity index (χ2n) is 16.5. The van der Waals surface area contributed by atoms with Gasteiger partial charge >= 0.3 is 6.09 Å². The molecule has 0 spiro atoms. The number of nitrogens with zero attached hydrogens (tertiary/aromatic N) is 7. The number of aromatic nitrogens is 6. The van der Waals surface area contributed by atoms with Crippen molar-refractivity contribution in [3.8, 4) is 33.4 Å². The number of likely N-dealkylation sites (tertiary alicyclic amines) is 1. The quantitative estimate of drug-likeness (QED) is 0.173. The average Bonchev–Trinajstić information content (AvgIpc) is 3.86. The van der Waals surface area contributed by atoms with Crippen molar-refractivity contribution in [2.24, 2.45) is 0 Å². The molecule has 310 valence electrons. The van der Waals surface area contributed by atoms with Crippen LogP contribution in [0.4, 0.5) is 4.79 Å². The van der Waals surface area contributed by atoms with Crippen molar-refractivity contribution in [1.82, 2.24) is 39.4 Å². The number of halogens is 1. The third-order valence-corrected chi connectivity index (χ3v) is 12.6. The van der Waals surface area contributed by atoms with Crippen LogP contribution in [0.2, 0.25) is 0 Å². The minimum atomic E-state index is -3.28. The molecular weight excluding hydrogens is 841 g/mol. The minimum absolute atomic E-state index is 0.0512. The number of amides is 1. The van der Waals surface area contributed by atoms with Crippen molar-refractivity contribution in [3.63, 3.8) is 0 Å². The summed E-state index contributed by atoms with van der Waals surface area (Å²) in [4.78, 5) is 24.0. The Kier molecular flexibility index (Phi) is 11.9. The highest BCUT2D eigenvalue weighted by molar-refractivity contribution is 9.10. The zero-order valence-corrected chi connectivity index (χ0v) is 36.7. The standard InChI is InChI=1S/C24H24N4O2S.C22H25BrN4O2/c1-31(29,30)21-6-4-5-19(13-21)22-15-27-28-16-20(14-26-24(22)28)17-8-10-18(11-9-17)23-7-2-3-12-25-23;1-22(2,3)29-21(28)26-11-5-4-6-19(26)16-9-7-15(8-10-16)17-12-24-20-18(23)13-25-27(20)14-17/h4-6,8-11,13-16,23,25H,2-3,7,12H2,1H3;7-10,12-14,19H,4-6,11H2,1-3H3. The Morgan fingerprint density at radius 3 is 2.03 bits per heavy atom. The molecule has 0 aliphatic carbocycles. The van der Waals surface area contributed by atoms with Crippen LogP contribution in [-0.2, 0) is 14.6 Å². The molecular formula is C46H49BrN8O4S. The summed E-state index contributed by atoms with van der Waals surface area (Å²) in [6, 6.07) is 24.4. The van der Waals surface area contributed by atoms with Gasteiger partial charge in [0.1, 0.15) is 5.60 Å². The zero-order chi connectivity index (χ0) is 42.0. The Bertz CT molecular complexity index is 2740. The molecule has 9 rings (SSSR count). The monoisotopic (exact) mass is 888 g/mol. The lowest BCUT2D eigenvalue weighted by Crippen LogP contribution is -2.41. The van der Waals surface area contributed by atoms with Gasteiger partial charge in [-0.1, -0.05) is 67.1 Å². The van der Waals surface area contributed by atoms with E-state index in [9.17, 15) is 13.2 Å². The summed E-state index contributed by atoms with van der Waals surface area (Å²) in [5.74, 6) is 0. The lowest BCUT2D eigenvalue weighted by molar-refractivity contribution is 0.00951. The number of sulfone groups is 1. The number of ether oxygens (including phenoxy) is 1. The van der Waals surface area contributed by atoms with Crippen LogP contribution in [-0.4, -0.2) is 73.6 Å². The van der Waals surface area contributed by atoms with Crippen molar-refractivity contribution in [3.05, 3.63) is 126 Å². The average molecular weight is 890 g/mol. The molecule has 3 aromatic carbocycles. The molecule has 4 aromatic heterocycles. The topological polar surface area (TPSA) is 136 Å². The van der Waals surface area contributed by atoms with Crippen LogP contribution in [0.5, 0.6) is 0 Å². The minimum Gasteiger partial charge on any atom is -0.444 e. The number of rotatable bonds is 6. The van der Waals surface area contributed by atoms with Gasteiger partial charge in [0.15, 0.2) is 21.1 Å². The molecule has 6 heterocycles. The largest absolute Gasteiger partial charge is 0.444 e. The van der Waals surface area contributed by atoms with Crippen LogP contribution < -0.4 is 5.32 Å². The summed E-state index contributed by atoms with van der Waals surface area (Å²) in [7, 11) is -3.28. The molecule has 2 atom stereocenters. The van der Waals surface area contributed by atoms with E-state index in [-0.39, 0.29) is 17.0 Å². The number of benzene rings is 3. The first-order valence-electron chi connectivity index (χ1n) is 20.4. The first-order valence-corrected chi connectivity index (χ1v) is 23.1. The van der Waals surface area contributed by atoms with Gasteiger partial charge in [-0.3, -0.25) is 0 Å². The molecule has 14 heteroatoms. The Morgan fingerprint density at radius 1 is 0.750 bits per heavy atom. The molecule has 1 amide bonds. The van der Waals surface area contributed by atoms with E-state index in [1.54, 1.807) is 39.6 Å². The van der Waals surface area contributed by atoms with E-state index in [0.29, 0.717) is 11.7 Å². The molecule has 12 nitrogen and oxygen atoms in total. The highest BCUT2D eigenvalue weighted by Crippen LogP contribution is 2.34. The lowest BCUT2D eigenvalue weighted by atomic mass is 9.94. The SMILES string of the molecule is CC(C)(C)OC(=O)N1CCCCC1c1ccc(-c2cnc3c(Br)cnn3c2)cc1.CS(=O)(=O)c1cccc(-c2cnn3cc(-c4ccc(C5CCCCN5)cc4)cnc23)c1. The fourth-order valence-electron chi connectivity index (χ4n) is 7.88. The van der Waals surface area contributed by atoms with Crippen LogP contribution in [0.3, 0.4) is 0 Å². The van der Waals surface area contributed by atoms with Gasteiger partial charge in [-0.15, -0.1) is 0 Å². The van der Waals surface area contributed by atoms with Gasteiger partial charge < -0.3 is 15.0 Å². The maximum atomic E-state index is 12.7. The Morgan fingerprint density at radius 2 is 1.38 bits per heavy atom. The summed E-state index contributed by atoms with van der Waals surface area (Å²) < 4.78 is 33.8. The molecule has 1 N–H and O–H groups in total. The summed E-state index contributed by atoms with van der Waals surface area (Å²) in [6.45, 7) is 7.53. The Labute approximate surface area is 359 Å². The molecule has 60 heavy (non-hydrogen) atoms. The summed E-state index contributed by atoms with van der Waals surface area (Å²) >= 11 is 3.45. The van der Waals surface area contributed by atoms with E-state index in [0.717, 1.165) is 81.4 Å². The molecule has 2 fully saturated rings. The maximum Gasteiger partial charge on any atom is 0.410 e. The first-order chi connectivity index (χ1) is 28.8. The molecule has 0 radical (unpaired) electrons. The first kappa shape index (κ1) is 41.3. The number of nitrogens with one attached hydrogen (secondary N) is 1. The van der Waals surface area contributed by atoms with Crippen molar-refractivity contribution in [1.29, 1.82) is 0 Å². The second-order valence-corrected chi connectivity index (χ2v) is 19.4. The van der Waals surface area contributed by atoms with E-state index < -0.39 is 15.4 Å². The second kappa shape index (κ2) is 17.3. The predicted octanol–water partition coefficient (Wildman–Crippen LogP) is 9.90. The normalized spacial score (nSPS) is 17.3. The molecule has 2 saturated heterocycles. The van der Waals surface area contributed by atoms with Crippen LogP contribution in [0.25, 0.3) is 44.7 Å². The fraction of sp³-hybridized carbons (Fsp3) is 0.326. The van der Waals surface area contributed by atoms with Gasteiger partial charge in [-0.2, -0.15) is 10.2 Å². The molecule has 2 aliphatic rings. The number of carbonyl (C=O) groups is 1. The molecule has 0 bridgehead atoms. The maximum absolute atomic E-state index is 12.7. The summed E-state index contributed by atoms with van der Waals surface area (Å²) in [6.07, 6.45) is 18.9. The van der Waals surface area contributed by atoms with Gasteiger partial charge in [0.05, 0.1) is 27.8 Å². The van der Waals surface area contributed by atoms with E-state index in [4.69, 9.17) is 4.74 Å². The van der Waals surface area contributed by atoms with Crippen LogP contribution in [0.15, 0.2) is 119 Å². The lowest BCUT2D eigenvalue weighted by Gasteiger charge is -2.37. The van der Waals surface area contributed by atoms with Gasteiger partial charge in [-0.25, -0.2) is 32.2 Å². The van der Waals surface area contributed by atoms with E-state index in [1.807, 2.05) is 56.5 Å². The van der Waals surface area contributed by atoms with E-state index >= 15 is 0 Å². The number of piperidine rings is 2. The molecule has 0 saturated carbocycles. The molecule has 2 unspecified atom stereocenters. The zero-order valence-electron chi connectivity index (χ0n) is 34.3. The van der Waals surface area contributed by atoms with Crippen molar-refractivity contribution in [2.45, 2.75) is 81.9 Å². The fourth-order valence-corrected chi connectivity index (χ4v) is 8.92. The van der Waals surface area contributed by atoms with Gasteiger partial charge in [-0.05, 0) is 115 Å². The smallest absolute Gasteiger partial charge is 0.410 e. The van der Waals surface area contributed by atoms with Gasteiger partial charge in [0, 0.05) is 60.3 Å². The van der Waals surface area contributed by atoms with Gasteiger partial charge in [0.25, 0.3) is 0 Å². The summed E-state index contributed by atoms with van der Waals surface area (Å²) in [5, 5.41) is 12.3. The third-order valence-electron chi connectivity index (χ3n) is 11.0. The highest BCUT2D eigenvalue weighted by Gasteiger charge is 2.31. The number of carbonyl (C=O) groups excluding carboxylic acids is 1. The summed E-state index contributed by atoms with van der Waals surface area (Å²) in [5.41, 5.74) is 9.16. The van der Waals surface area contributed by atoms with E-state index in [1.165, 1.54) is 31.1 Å². The van der Waals surface area contributed by atoms with Crippen molar-refractivity contribution in [2.75, 3.05) is 19.3 Å².